The Labute approximate surface area is 84.1 Å². The molecule has 0 aromatic heterocycles. The van der Waals surface area contributed by atoms with E-state index >= 15 is 0 Å². The van der Waals surface area contributed by atoms with Crippen molar-refractivity contribution < 1.29 is 4.79 Å². The number of hydrogen-bond donors (Lipinski definition) is 0. The average Bonchev–Trinajstić information content (AvgIpc) is 2.43. The molecule has 1 aliphatic carbocycles. The highest BCUT2D eigenvalue weighted by Gasteiger charge is 2.27. The van der Waals surface area contributed by atoms with Crippen LogP contribution in [-0.2, 0) is 4.79 Å². The Kier molecular flexibility index (Phi) is 3.28. The van der Waals surface area contributed by atoms with Crippen LogP contribution in [-0.4, -0.2) is 41.3 Å². The SMILES string of the molecule is O=C1CCC(N2CCCSCC2)C1. The van der Waals surface area contributed by atoms with E-state index in [0.717, 1.165) is 19.3 Å². The van der Waals surface area contributed by atoms with E-state index in [2.05, 4.69) is 16.7 Å². The highest BCUT2D eigenvalue weighted by Crippen LogP contribution is 2.23. The van der Waals surface area contributed by atoms with Crippen molar-refractivity contribution in [2.45, 2.75) is 31.7 Å². The van der Waals surface area contributed by atoms with Gasteiger partial charge in [0.15, 0.2) is 0 Å². The molecule has 2 aliphatic rings. The summed E-state index contributed by atoms with van der Waals surface area (Å²) < 4.78 is 0. The third-order valence-corrected chi connectivity index (χ3v) is 4.04. The molecular weight excluding hydrogens is 182 g/mol. The molecule has 13 heavy (non-hydrogen) atoms. The normalized spacial score (nSPS) is 32.0. The van der Waals surface area contributed by atoms with Crippen LogP contribution in [0, 0.1) is 0 Å². The first kappa shape index (κ1) is 9.53. The van der Waals surface area contributed by atoms with Gasteiger partial charge in [-0.2, -0.15) is 11.8 Å². The van der Waals surface area contributed by atoms with Crippen LogP contribution < -0.4 is 0 Å². The molecule has 1 saturated heterocycles. The molecule has 2 fully saturated rings. The molecule has 1 atom stereocenters. The minimum atomic E-state index is 0.474. The van der Waals surface area contributed by atoms with Crippen LogP contribution in [0.15, 0.2) is 0 Å². The molecular formula is C10H17NOS. The quantitative estimate of drug-likeness (QED) is 0.639. The Morgan fingerprint density at radius 1 is 1.31 bits per heavy atom. The second-order valence-corrected chi connectivity index (χ2v) is 5.16. The number of Topliss-reactive ketones (excluding diaryl/α,β-unsaturated/α-hetero) is 1. The summed E-state index contributed by atoms with van der Waals surface area (Å²) in [5.74, 6) is 3.03. The van der Waals surface area contributed by atoms with E-state index < -0.39 is 0 Å². The highest BCUT2D eigenvalue weighted by molar-refractivity contribution is 7.99. The van der Waals surface area contributed by atoms with Crippen molar-refractivity contribution in [2.75, 3.05) is 24.6 Å². The highest BCUT2D eigenvalue weighted by atomic mass is 32.2. The third kappa shape index (κ3) is 2.47. The summed E-state index contributed by atoms with van der Waals surface area (Å²) in [6, 6.07) is 0.589. The summed E-state index contributed by atoms with van der Waals surface area (Å²) >= 11 is 2.05. The first-order valence-corrected chi connectivity index (χ1v) is 6.35. The molecule has 1 saturated carbocycles. The van der Waals surface area contributed by atoms with Crippen molar-refractivity contribution in [1.82, 2.24) is 4.90 Å². The van der Waals surface area contributed by atoms with E-state index in [1.54, 1.807) is 0 Å². The van der Waals surface area contributed by atoms with E-state index in [9.17, 15) is 4.79 Å². The van der Waals surface area contributed by atoms with Crippen LogP contribution in [0.1, 0.15) is 25.7 Å². The van der Waals surface area contributed by atoms with Gasteiger partial charge in [0.05, 0.1) is 0 Å². The lowest BCUT2D eigenvalue weighted by Crippen LogP contribution is -2.35. The minimum Gasteiger partial charge on any atom is -0.300 e. The number of carbonyl (C=O) groups excluding carboxylic acids is 1. The predicted octanol–water partition coefficient (Wildman–Crippen LogP) is 1.55. The van der Waals surface area contributed by atoms with Gasteiger partial charge in [0.1, 0.15) is 5.78 Å². The Hall–Kier alpha value is -0.0200. The van der Waals surface area contributed by atoms with Crippen LogP contribution in [0.25, 0.3) is 0 Å². The van der Waals surface area contributed by atoms with Crippen molar-refractivity contribution in [3.63, 3.8) is 0 Å². The first-order chi connectivity index (χ1) is 6.36. The fraction of sp³-hybridized carbons (Fsp3) is 0.900. The van der Waals surface area contributed by atoms with Crippen LogP contribution in [0.2, 0.25) is 0 Å². The van der Waals surface area contributed by atoms with Gasteiger partial charge >= 0.3 is 0 Å². The molecule has 0 N–H and O–H groups in total. The maximum absolute atomic E-state index is 11.2. The van der Waals surface area contributed by atoms with E-state index in [1.165, 1.54) is 31.0 Å². The van der Waals surface area contributed by atoms with Gasteiger partial charge in [0.2, 0.25) is 0 Å². The number of hydrogen-bond acceptors (Lipinski definition) is 3. The Bertz CT molecular complexity index is 187. The van der Waals surface area contributed by atoms with Crippen molar-refractivity contribution in [3.8, 4) is 0 Å². The fourth-order valence-corrected chi connectivity index (χ4v) is 3.14. The molecule has 0 amide bonds. The van der Waals surface area contributed by atoms with Gasteiger partial charge in [-0.1, -0.05) is 0 Å². The maximum atomic E-state index is 11.2. The van der Waals surface area contributed by atoms with Crippen LogP contribution in [0.5, 0.6) is 0 Å². The number of ketones is 1. The molecule has 1 heterocycles. The Balaban J connectivity index is 1.87. The summed E-state index contributed by atoms with van der Waals surface area (Å²) in [4.78, 5) is 13.7. The van der Waals surface area contributed by atoms with E-state index in [1.807, 2.05) is 0 Å². The summed E-state index contributed by atoms with van der Waals surface area (Å²) in [6.07, 6.45) is 4.07. The van der Waals surface area contributed by atoms with E-state index in [4.69, 9.17) is 0 Å². The van der Waals surface area contributed by atoms with E-state index in [-0.39, 0.29) is 0 Å². The van der Waals surface area contributed by atoms with Crippen molar-refractivity contribution in [3.05, 3.63) is 0 Å². The lowest BCUT2D eigenvalue weighted by molar-refractivity contribution is -0.117. The largest absolute Gasteiger partial charge is 0.300 e. The number of carbonyl (C=O) groups is 1. The lowest BCUT2D eigenvalue weighted by Gasteiger charge is -2.25. The summed E-state index contributed by atoms with van der Waals surface area (Å²) in [6.45, 7) is 2.41. The first-order valence-electron chi connectivity index (χ1n) is 5.20. The van der Waals surface area contributed by atoms with Gasteiger partial charge in [-0.3, -0.25) is 9.69 Å². The molecule has 0 radical (unpaired) electrons. The molecule has 2 nitrogen and oxygen atoms in total. The third-order valence-electron chi connectivity index (χ3n) is 2.99. The Morgan fingerprint density at radius 3 is 3.00 bits per heavy atom. The average molecular weight is 199 g/mol. The minimum absolute atomic E-state index is 0.474. The second-order valence-electron chi connectivity index (χ2n) is 3.94. The zero-order valence-electron chi connectivity index (χ0n) is 8.00. The van der Waals surface area contributed by atoms with Gasteiger partial charge in [-0.05, 0) is 25.1 Å². The van der Waals surface area contributed by atoms with Gasteiger partial charge < -0.3 is 0 Å². The van der Waals surface area contributed by atoms with Crippen LogP contribution in [0.4, 0.5) is 0 Å². The molecule has 2 rings (SSSR count). The number of thioether (sulfide) groups is 1. The van der Waals surface area contributed by atoms with Crippen molar-refractivity contribution in [2.24, 2.45) is 0 Å². The monoisotopic (exact) mass is 199 g/mol. The van der Waals surface area contributed by atoms with Crippen molar-refractivity contribution >= 4 is 17.5 Å². The van der Waals surface area contributed by atoms with Gasteiger partial charge in [0, 0.05) is 31.2 Å². The van der Waals surface area contributed by atoms with Gasteiger partial charge in [-0.25, -0.2) is 0 Å². The van der Waals surface area contributed by atoms with Gasteiger partial charge in [-0.15, -0.1) is 0 Å². The standard InChI is InChI=1S/C10H17NOS/c12-10-3-2-9(8-10)11-4-1-6-13-7-5-11/h9H,1-8H2. The zero-order chi connectivity index (χ0) is 9.10. The molecule has 0 spiro atoms. The van der Waals surface area contributed by atoms with Crippen molar-refractivity contribution in [1.29, 1.82) is 0 Å². The lowest BCUT2D eigenvalue weighted by atomic mass is 10.2. The molecule has 1 unspecified atom stereocenters. The molecule has 0 aromatic carbocycles. The van der Waals surface area contributed by atoms with E-state index in [0.29, 0.717) is 11.8 Å². The summed E-state index contributed by atoms with van der Waals surface area (Å²) in [5.41, 5.74) is 0. The summed E-state index contributed by atoms with van der Waals surface area (Å²) in [5, 5.41) is 0. The predicted molar refractivity (Wildman–Crippen MR) is 56.2 cm³/mol. The molecule has 74 valence electrons. The topological polar surface area (TPSA) is 20.3 Å². The van der Waals surface area contributed by atoms with Gasteiger partial charge in [0.25, 0.3) is 0 Å². The smallest absolute Gasteiger partial charge is 0.134 e. The Morgan fingerprint density at radius 2 is 2.23 bits per heavy atom. The summed E-state index contributed by atoms with van der Waals surface area (Å²) in [7, 11) is 0. The number of nitrogens with zero attached hydrogens (tertiary/aromatic N) is 1. The fourth-order valence-electron chi connectivity index (χ4n) is 2.24. The number of rotatable bonds is 1. The molecule has 3 heteroatoms. The molecule has 1 aliphatic heterocycles. The van der Waals surface area contributed by atoms with Crippen LogP contribution >= 0.6 is 11.8 Å². The maximum Gasteiger partial charge on any atom is 0.134 e. The molecule has 0 aromatic rings. The zero-order valence-corrected chi connectivity index (χ0v) is 8.81. The second kappa shape index (κ2) is 4.47. The molecule has 0 bridgehead atoms. The van der Waals surface area contributed by atoms with Crippen LogP contribution in [0.3, 0.4) is 0 Å².